The van der Waals surface area contributed by atoms with E-state index in [0.717, 1.165) is 30.8 Å². The second-order valence-corrected chi connectivity index (χ2v) is 6.32. The number of hydrogen-bond donors (Lipinski definition) is 1. The van der Waals surface area contributed by atoms with Crippen molar-refractivity contribution in [3.05, 3.63) is 65.2 Å². The third-order valence-electron chi connectivity index (χ3n) is 4.55. The van der Waals surface area contributed by atoms with Gasteiger partial charge in [-0.15, -0.1) is 0 Å². The SMILES string of the molecule is O=C(NCCc1ccc(N2CCCCC2)cc1)c1c(F)cccc1F. The van der Waals surface area contributed by atoms with E-state index in [1.54, 1.807) is 0 Å². The predicted octanol–water partition coefficient (Wildman–Crippen LogP) is 3.93. The summed E-state index contributed by atoms with van der Waals surface area (Å²) in [5.41, 5.74) is 1.78. The molecule has 1 N–H and O–H groups in total. The van der Waals surface area contributed by atoms with Crippen molar-refractivity contribution < 1.29 is 13.6 Å². The number of anilines is 1. The van der Waals surface area contributed by atoms with Crippen molar-refractivity contribution in [1.29, 1.82) is 0 Å². The molecule has 132 valence electrons. The zero-order valence-corrected chi connectivity index (χ0v) is 14.1. The van der Waals surface area contributed by atoms with Gasteiger partial charge in [0.25, 0.3) is 5.91 Å². The van der Waals surface area contributed by atoms with E-state index in [1.165, 1.54) is 31.0 Å². The van der Waals surface area contributed by atoms with Crippen LogP contribution in [0.4, 0.5) is 14.5 Å². The third kappa shape index (κ3) is 4.35. The van der Waals surface area contributed by atoms with Gasteiger partial charge in [-0.2, -0.15) is 0 Å². The zero-order valence-electron chi connectivity index (χ0n) is 14.1. The lowest BCUT2D eigenvalue weighted by Crippen LogP contribution is -2.29. The Balaban J connectivity index is 1.52. The maximum Gasteiger partial charge on any atom is 0.257 e. The largest absolute Gasteiger partial charge is 0.372 e. The number of rotatable bonds is 5. The minimum Gasteiger partial charge on any atom is -0.372 e. The number of carbonyl (C=O) groups is 1. The molecule has 2 aromatic carbocycles. The monoisotopic (exact) mass is 344 g/mol. The van der Waals surface area contributed by atoms with Gasteiger partial charge in [0.1, 0.15) is 17.2 Å². The quantitative estimate of drug-likeness (QED) is 0.891. The molecule has 25 heavy (non-hydrogen) atoms. The molecule has 2 aromatic rings. The number of benzene rings is 2. The highest BCUT2D eigenvalue weighted by molar-refractivity contribution is 5.94. The maximum atomic E-state index is 13.6. The Bertz CT molecular complexity index is 705. The molecular formula is C20H22F2N2O. The molecule has 1 fully saturated rings. The smallest absolute Gasteiger partial charge is 0.257 e. The topological polar surface area (TPSA) is 32.3 Å². The van der Waals surface area contributed by atoms with Crippen LogP contribution >= 0.6 is 0 Å². The van der Waals surface area contributed by atoms with Gasteiger partial charge in [-0.05, 0) is 55.5 Å². The van der Waals surface area contributed by atoms with Gasteiger partial charge in [-0.1, -0.05) is 18.2 Å². The highest BCUT2D eigenvalue weighted by atomic mass is 19.1. The molecule has 0 bridgehead atoms. The molecule has 0 radical (unpaired) electrons. The first-order valence-electron chi connectivity index (χ1n) is 8.71. The van der Waals surface area contributed by atoms with Crippen molar-refractivity contribution >= 4 is 11.6 Å². The minimum atomic E-state index is -0.844. The summed E-state index contributed by atoms with van der Waals surface area (Å²) in [6.07, 6.45) is 4.39. The summed E-state index contributed by atoms with van der Waals surface area (Å²) in [6.45, 7) is 2.53. The maximum absolute atomic E-state index is 13.6. The Kier molecular flexibility index (Phi) is 5.64. The van der Waals surface area contributed by atoms with Crippen molar-refractivity contribution in [2.75, 3.05) is 24.5 Å². The van der Waals surface area contributed by atoms with Crippen molar-refractivity contribution in [3.8, 4) is 0 Å². The Hall–Kier alpha value is -2.43. The lowest BCUT2D eigenvalue weighted by Gasteiger charge is -2.28. The fraction of sp³-hybridized carbons (Fsp3) is 0.350. The van der Waals surface area contributed by atoms with Crippen LogP contribution < -0.4 is 10.2 Å². The molecule has 1 aliphatic heterocycles. The molecular weight excluding hydrogens is 322 g/mol. The summed E-state index contributed by atoms with van der Waals surface area (Å²) in [5.74, 6) is -2.41. The minimum absolute atomic E-state index is 0.329. The standard InChI is InChI=1S/C20H22F2N2O/c21-17-5-4-6-18(22)19(17)20(25)23-12-11-15-7-9-16(10-8-15)24-13-2-1-3-14-24/h4-10H,1-3,11-14H2,(H,23,25). The second kappa shape index (κ2) is 8.10. The number of amides is 1. The van der Waals surface area contributed by atoms with Gasteiger partial charge >= 0.3 is 0 Å². The first kappa shape index (κ1) is 17.4. The van der Waals surface area contributed by atoms with E-state index >= 15 is 0 Å². The summed E-state index contributed by atoms with van der Waals surface area (Å²) >= 11 is 0. The Morgan fingerprint density at radius 3 is 2.24 bits per heavy atom. The molecule has 0 aliphatic carbocycles. The average Bonchev–Trinajstić information content (AvgIpc) is 2.63. The highest BCUT2D eigenvalue weighted by Gasteiger charge is 2.16. The molecule has 0 unspecified atom stereocenters. The van der Waals surface area contributed by atoms with Crippen molar-refractivity contribution in [2.24, 2.45) is 0 Å². The third-order valence-corrected chi connectivity index (χ3v) is 4.55. The Morgan fingerprint density at radius 1 is 0.960 bits per heavy atom. The first-order chi connectivity index (χ1) is 12.1. The van der Waals surface area contributed by atoms with E-state index in [9.17, 15) is 13.6 Å². The average molecular weight is 344 g/mol. The van der Waals surface area contributed by atoms with Crippen LogP contribution in [-0.4, -0.2) is 25.5 Å². The normalized spacial score (nSPS) is 14.4. The van der Waals surface area contributed by atoms with Crippen LogP contribution in [0.2, 0.25) is 0 Å². The number of nitrogens with one attached hydrogen (secondary N) is 1. The summed E-state index contributed by atoms with van der Waals surface area (Å²) < 4.78 is 27.1. The van der Waals surface area contributed by atoms with Crippen molar-refractivity contribution in [2.45, 2.75) is 25.7 Å². The predicted molar refractivity (Wildman–Crippen MR) is 94.9 cm³/mol. The van der Waals surface area contributed by atoms with Crippen LogP contribution in [-0.2, 0) is 6.42 Å². The fourth-order valence-corrected chi connectivity index (χ4v) is 3.15. The van der Waals surface area contributed by atoms with Crippen LogP contribution in [0.5, 0.6) is 0 Å². The number of nitrogens with zero attached hydrogens (tertiary/aromatic N) is 1. The molecule has 0 saturated carbocycles. The van der Waals surface area contributed by atoms with Gasteiger partial charge < -0.3 is 10.2 Å². The van der Waals surface area contributed by atoms with E-state index in [2.05, 4.69) is 22.3 Å². The molecule has 1 aliphatic rings. The van der Waals surface area contributed by atoms with Crippen LogP contribution in [0.15, 0.2) is 42.5 Å². The summed E-state index contributed by atoms with van der Waals surface area (Å²) in [4.78, 5) is 14.3. The van der Waals surface area contributed by atoms with Crippen LogP contribution in [0.25, 0.3) is 0 Å². The van der Waals surface area contributed by atoms with E-state index in [1.807, 2.05) is 12.1 Å². The number of halogens is 2. The number of hydrogen-bond acceptors (Lipinski definition) is 2. The summed E-state index contributed by atoms with van der Waals surface area (Å²) in [5, 5.41) is 2.58. The van der Waals surface area contributed by atoms with Gasteiger partial charge in [0.2, 0.25) is 0 Å². The molecule has 1 saturated heterocycles. The van der Waals surface area contributed by atoms with Crippen LogP contribution in [0, 0.1) is 11.6 Å². The van der Waals surface area contributed by atoms with Gasteiger partial charge in [-0.25, -0.2) is 8.78 Å². The summed E-state index contributed by atoms with van der Waals surface area (Å²) in [7, 11) is 0. The Labute approximate surface area is 146 Å². The van der Waals surface area contributed by atoms with Gasteiger partial charge in [0, 0.05) is 25.3 Å². The molecule has 0 spiro atoms. The summed E-state index contributed by atoms with van der Waals surface area (Å²) in [6, 6.07) is 11.7. The number of carbonyl (C=O) groups excluding carboxylic acids is 1. The Morgan fingerprint density at radius 2 is 1.60 bits per heavy atom. The fourth-order valence-electron chi connectivity index (χ4n) is 3.15. The molecule has 3 rings (SSSR count). The van der Waals surface area contributed by atoms with E-state index in [4.69, 9.17) is 0 Å². The molecule has 1 amide bonds. The van der Waals surface area contributed by atoms with Crippen LogP contribution in [0.1, 0.15) is 35.2 Å². The number of piperidine rings is 1. The molecule has 0 aromatic heterocycles. The molecule has 5 heteroatoms. The highest BCUT2D eigenvalue weighted by Crippen LogP contribution is 2.20. The molecule has 0 atom stereocenters. The van der Waals surface area contributed by atoms with Gasteiger partial charge in [-0.3, -0.25) is 4.79 Å². The van der Waals surface area contributed by atoms with E-state index < -0.39 is 23.1 Å². The van der Waals surface area contributed by atoms with Gasteiger partial charge in [0.15, 0.2) is 0 Å². The van der Waals surface area contributed by atoms with Crippen molar-refractivity contribution in [3.63, 3.8) is 0 Å². The van der Waals surface area contributed by atoms with E-state index in [0.29, 0.717) is 13.0 Å². The van der Waals surface area contributed by atoms with Crippen molar-refractivity contribution in [1.82, 2.24) is 5.32 Å². The first-order valence-corrected chi connectivity index (χ1v) is 8.71. The second-order valence-electron chi connectivity index (χ2n) is 6.32. The lowest BCUT2D eigenvalue weighted by molar-refractivity contribution is 0.0945. The van der Waals surface area contributed by atoms with Gasteiger partial charge in [0.05, 0.1) is 0 Å². The van der Waals surface area contributed by atoms with E-state index in [-0.39, 0.29) is 0 Å². The molecule has 3 nitrogen and oxygen atoms in total. The lowest BCUT2D eigenvalue weighted by atomic mass is 10.1. The van der Waals surface area contributed by atoms with Crippen LogP contribution in [0.3, 0.4) is 0 Å². The molecule has 1 heterocycles. The zero-order chi connectivity index (χ0) is 17.6.